The van der Waals surface area contributed by atoms with E-state index in [0.717, 1.165) is 16.0 Å². The van der Waals surface area contributed by atoms with Gasteiger partial charge in [-0.1, -0.05) is 11.3 Å². The Kier molecular flexibility index (Phi) is 8.64. The fourth-order valence-corrected chi connectivity index (χ4v) is 5.73. The number of hydrogen-bond donors (Lipinski definition) is 0. The maximum atomic E-state index is 13.0. The molecule has 184 valence electrons. The molecule has 0 bridgehead atoms. The minimum absolute atomic E-state index is 0.136. The van der Waals surface area contributed by atoms with E-state index in [1.165, 1.54) is 47.0 Å². The molecule has 0 aliphatic carbocycles. The predicted octanol–water partition coefficient (Wildman–Crippen LogP) is 3.91. The Morgan fingerprint density at radius 1 is 1.12 bits per heavy atom. The van der Waals surface area contributed by atoms with Gasteiger partial charge in [0.25, 0.3) is 5.91 Å². The lowest BCUT2D eigenvalue weighted by Gasteiger charge is -2.20. The molecule has 1 aromatic heterocycles. The van der Waals surface area contributed by atoms with Crippen molar-refractivity contribution in [2.45, 2.75) is 45.2 Å². The Morgan fingerprint density at radius 2 is 1.82 bits per heavy atom. The molecular formula is C24H31N3O5S2. The summed E-state index contributed by atoms with van der Waals surface area (Å²) < 4.78 is 40.7. The summed E-state index contributed by atoms with van der Waals surface area (Å²) in [5.41, 5.74) is 1.26. The molecule has 0 fully saturated rings. The SMILES string of the molecule is CCOCCn1c(=NC(=O)c2ccc(S(=O)(=O)N(C)C(C)C)cc2)sc2cc(OCC)ccc21. The van der Waals surface area contributed by atoms with Crippen molar-refractivity contribution in [1.82, 2.24) is 8.87 Å². The minimum Gasteiger partial charge on any atom is -0.494 e. The summed E-state index contributed by atoms with van der Waals surface area (Å²) in [6, 6.07) is 11.5. The highest BCUT2D eigenvalue weighted by molar-refractivity contribution is 7.89. The zero-order valence-corrected chi connectivity index (χ0v) is 21.8. The number of sulfonamides is 1. The quantitative estimate of drug-likeness (QED) is 0.390. The van der Waals surface area contributed by atoms with E-state index >= 15 is 0 Å². The molecule has 1 amide bonds. The molecule has 34 heavy (non-hydrogen) atoms. The summed E-state index contributed by atoms with van der Waals surface area (Å²) in [4.78, 5) is 18.0. The standard InChI is InChI=1S/C24H31N3O5S2/c1-6-31-15-14-27-21-13-10-19(32-7-2)16-22(21)33-24(27)25-23(28)18-8-11-20(12-9-18)34(29,30)26(5)17(3)4/h8-13,16-17H,6-7,14-15H2,1-5H3. The molecule has 2 aromatic carbocycles. The van der Waals surface area contributed by atoms with E-state index < -0.39 is 15.9 Å². The Bertz CT molecular complexity index is 1310. The van der Waals surface area contributed by atoms with Crippen LogP contribution in [0.15, 0.2) is 52.4 Å². The predicted molar refractivity (Wildman–Crippen MR) is 134 cm³/mol. The maximum Gasteiger partial charge on any atom is 0.279 e. The smallest absolute Gasteiger partial charge is 0.279 e. The topological polar surface area (TPSA) is 90.2 Å². The van der Waals surface area contributed by atoms with Crippen molar-refractivity contribution in [1.29, 1.82) is 0 Å². The fraction of sp³-hybridized carbons (Fsp3) is 0.417. The van der Waals surface area contributed by atoms with E-state index in [4.69, 9.17) is 9.47 Å². The Labute approximate surface area is 204 Å². The highest BCUT2D eigenvalue weighted by Gasteiger charge is 2.23. The Balaban J connectivity index is 1.97. The van der Waals surface area contributed by atoms with Gasteiger partial charge in [0.15, 0.2) is 4.80 Å². The zero-order valence-electron chi connectivity index (χ0n) is 20.1. The highest BCUT2D eigenvalue weighted by atomic mass is 32.2. The second-order valence-corrected chi connectivity index (χ2v) is 10.9. The number of fused-ring (bicyclic) bond motifs is 1. The van der Waals surface area contributed by atoms with Crippen molar-refractivity contribution in [3.63, 3.8) is 0 Å². The van der Waals surface area contributed by atoms with Crippen LogP contribution >= 0.6 is 11.3 Å². The average molecular weight is 506 g/mol. The molecule has 1 heterocycles. The van der Waals surface area contributed by atoms with Gasteiger partial charge < -0.3 is 14.0 Å². The summed E-state index contributed by atoms with van der Waals surface area (Å²) in [5, 5.41) is 0. The number of carbonyl (C=O) groups excluding carboxylic acids is 1. The summed E-state index contributed by atoms with van der Waals surface area (Å²) in [6.07, 6.45) is 0. The average Bonchev–Trinajstić information content (AvgIpc) is 3.15. The lowest BCUT2D eigenvalue weighted by atomic mass is 10.2. The number of aromatic nitrogens is 1. The normalized spacial score (nSPS) is 12.7. The summed E-state index contributed by atoms with van der Waals surface area (Å²) in [7, 11) is -2.09. The lowest BCUT2D eigenvalue weighted by molar-refractivity contribution is 0.0996. The molecule has 3 aromatic rings. The first-order valence-corrected chi connectivity index (χ1v) is 13.5. The first-order chi connectivity index (χ1) is 16.2. The van der Waals surface area contributed by atoms with Gasteiger partial charge in [0.1, 0.15) is 5.75 Å². The number of amides is 1. The van der Waals surface area contributed by atoms with Crippen molar-refractivity contribution in [2.24, 2.45) is 4.99 Å². The van der Waals surface area contributed by atoms with Gasteiger partial charge in [0.2, 0.25) is 10.0 Å². The van der Waals surface area contributed by atoms with Gasteiger partial charge in [-0.25, -0.2) is 8.42 Å². The zero-order chi connectivity index (χ0) is 24.9. The molecule has 0 atom stereocenters. The van der Waals surface area contributed by atoms with Crippen LogP contribution in [0, 0.1) is 0 Å². The molecule has 0 unspecified atom stereocenters. The molecule has 0 saturated carbocycles. The lowest BCUT2D eigenvalue weighted by Crippen LogP contribution is -2.33. The van der Waals surface area contributed by atoms with Gasteiger partial charge >= 0.3 is 0 Å². The van der Waals surface area contributed by atoms with Gasteiger partial charge in [-0.3, -0.25) is 4.79 Å². The van der Waals surface area contributed by atoms with Crippen molar-refractivity contribution in [3.05, 3.63) is 52.8 Å². The summed E-state index contributed by atoms with van der Waals surface area (Å²) in [6.45, 7) is 9.67. The van der Waals surface area contributed by atoms with Gasteiger partial charge in [-0.15, -0.1) is 0 Å². The van der Waals surface area contributed by atoms with Crippen LogP contribution in [0.3, 0.4) is 0 Å². The second kappa shape index (κ2) is 11.3. The number of ether oxygens (including phenoxy) is 2. The van der Waals surface area contributed by atoms with Gasteiger partial charge in [0, 0.05) is 31.8 Å². The van der Waals surface area contributed by atoms with Crippen molar-refractivity contribution < 1.29 is 22.7 Å². The first kappa shape index (κ1) is 26.1. The van der Waals surface area contributed by atoms with Crippen LogP contribution in [-0.2, 0) is 21.3 Å². The summed E-state index contributed by atoms with van der Waals surface area (Å²) in [5.74, 6) is 0.317. The van der Waals surface area contributed by atoms with Crippen LogP contribution in [-0.4, -0.2) is 56.1 Å². The van der Waals surface area contributed by atoms with Gasteiger partial charge in [-0.05, 0) is 70.2 Å². The van der Waals surface area contributed by atoms with E-state index in [-0.39, 0.29) is 10.9 Å². The molecule has 0 aliphatic heterocycles. The van der Waals surface area contributed by atoms with E-state index in [0.29, 0.717) is 36.7 Å². The van der Waals surface area contributed by atoms with Crippen LogP contribution in [0.2, 0.25) is 0 Å². The maximum absolute atomic E-state index is 13.0. The first-order valence-electron chi connectivity index (χ1n) is 11.2. The van der Waals surface area contributed by atoms with Crippen LogP contribution in [0.1, 0.15) is 38.1 Å². The van der Waals surface area contributed by atoms with E-state index in [1.54, 1.807) is 13.8 Å². The third kappa shape index (κ3) is 5.75. The van der Waals surface area contributed by atoms with Crippen molar-refractivity contribution >= 4 is 37.5 Å². The Morgan fingerprint density at radius 3 is 2.44 bits per heavy atom. The van der Waals surface area contributed by atoms with Crippen LogP contribution < -0.4 is 9.54 Å². The third-order valence-corrected chi connectivity index (χ3v) is 8.42. The monoisotopic (exact) mass is 505 g/mol. The number of rotatable bonds is 10. The van der Waals surface area contributed by atoms with Crippen LogP contribution in [0.25, 0.3) is 10.2 Å². The molecule has 0 aliphatic rings. The van der Waals surface area contributed by atoms with Crippen molar-refractivity contribution in [3.8, 4) is 5.75 Å². The second-order valence-electron chi connectivity index (χ2n) is 7.85. The molecule has 8 nitrogen and oxygen atoms in total. The van der Waals surface area contributed by atoms with Gasteiger partial charge in [-0.2, -0.15) is 9.30 Å². The molecule has 0 saturated heterocycles. The molecule has 0 radical (unpaired) electrons. The van der Waals surface area contributed by atoms with Gasteiger partial charge in [0.05, 0.1) is 28.3 Å². The molecule has 10 heteroatoms. The Hall–Kier alpha value is -2.53. The summed E-state index contributed by atoms with van der Waals surface area (Å²) >= 11 is 1.40. The molecular weight excluding hydrogens is 474 g/mol. The van der Waals surface area contributed by atoms with E-state index in [9.17, 15) is 13.2 Å². The fourth-order valence-electron chi connectivity index (χ4n) is 3.28. The highest BCUT2D eigenvalue weighted by Crippen LogP contribution is 2.24. The minimum atomic E-state index is -3.62. The van der Waals surface area contributed by atoms with Crippen molar-refractivity contribution in [2.75, 3.05) is 26.9 Å². The van der Waals surface area contributed by atoms with E-state index in [1.807, 2.05) is 36.6 Å². The van der Waals surface area contributed by atoms with Crippen LogP contribution in [0.5, 0.6) is 5.75 Å². The number of nitrogens with zero attached hydrogens (tertiary/aromatic N) is 3. The number of thiazole rings is 1. The number of benzene rings is 2. The number of carbonyl (C=O) groups is 1. The van der Waals surface area contributed by atoms with Crippen LogP contribution in [0.4, 0.5) is 0 Å². The number of hydrogen-bond acceptors (Lipinski definition) is 6. The molecule has 3 rings (SSSR count). The largest absolute Gasteiger partial charge is 0.494 e. The molecule has 0 N–H and O–H groups in total. The third-order valence-electron chi connectivity index (χ3n) is 5.33. The molecule has 0 spiro atoms. The van der Waals surface area contributed by atoms with E-state index in [2.05, 4.69) is 4.99 Å².